The van der Waals surface area contributed by atoms with Gasteiger partial charge in [-0.1, -0.05) is 34.8 Å². The third-order valence-electron chi connectivity index (χ3n) is 2.57. The highest BCUT2D eigenvalue weighted by Gasteiger charge is 2.17. The zero-order valence-electron chi connectivity index (χ0n) is 11.0. The minimum atomic E-state index is -0.468. The summed E-state index contributed by atoms with van der Waals surface area (Å²) in [6.45, 7) is 2.02. The molecule has 4 nitrogen and oxygen atoms in total. The summed E-state index contributed by atoms with van der Waals surface area (Å²) in [7, 11) is 0. The molecule has 0 aliphatic carbocycles. The quantitative estimate of drug-likeness (QED) is 0.563. The molecule has 21 heavy (non-hydrogen) atoms. The molecule has 0 unspecified atom stereocenters. The number of benzene rings is 1. The molecule has 0 atom stereocenters. The molecule has 1 heterocycles. The molecule has 0 aliphatic heterocycles. The van der Waals surface area contributed by atoms with E-state index in [1.165, 1.54) is 24.5 Å². The fraction of sp³-hybridized carbons (Fsp3) is 0.214. The predicted octanol–water partition coefficient (Wildman–Crippen LogP) is 5.00. The topological polar surface area (TPSA) is 48.7 Å². The Kier molecular flexibility index (Phi) is 5.39. The normalized spacial score (nSPS) is 10.5. The molecular formula is C14H11Cl3O4. The first-order chi connectivity index (χ1) is 10.0. The largest absolute Gasteiger partial charge is 0.484 e. The summed E-state index contributed by atoms with van der Waals surface area (Å²) in [6.07, 6.45) is 1.39. The Morgan fingerprint density at radius 1 is 1.19 bits per heavy atom. The SMILES string of the molecule is CCOC(=O)c1ccoc1COc1cc(Cl)c(Cl)cc1Cl. The number of esters is 1. The van der Waals surface area contributed by atoms with Crippen LogP contribution in [0.1, 0.15) is 23.0 Å². The Labute approximate surface area is 136 Å². The van der Waals surface area contributed by atoms with Gasteiger partial charge in [-0.05, 0) is 19.1 Å². The lowest BCUT2D eigenvalue weighted by Crippen LogP contribution is -2.07. The maximum Gasteiger partial charge on any atom is 0.341 e. The van der Waals surface area contributed by atoms with Gasteiger partial charge in [0.25, 0.3) is 0 Å². The standard InChI is InChI=1S/C14H11Cl3O4/c1-2-19-14(18)8-3-4-20-13(8)7-21-12-6-10(16)9(15)5-11(12)17/h3-6H,2,7H2,1H3. The fourth-order valence-electron chi connectivity index (χ4n) is 1.60. The number of carbonyl (C=O) groups excluding carboxylic acids is 1. The maximum atomic E-state index is 11.7. The smallest absolute Gasteiger partial charge is 0.341 e. The van der Waals surface area contributed by atoms with Gasteiger partial charge < -0.3 is 13.9 Å². The summed E-state index contributed by atoms with van der Waals surface area (Å²) >= 11 is 17.7. The zero-order chi connectivity index (χ0) is 15.4. The van der Waals surface area contributed by atoms with E-state index in [1.807, 2.05) is 0 Å². The third-order valence-corrected chi connectivity index (χ3v) is 3.59. The molecule has 0 aliphatic rings. The highest BCUT2D eigenvalue weighted by atomic mass is 35.5. The minimum Gasteiger partial charge on any atom is -0.484 e. The van der Waals surface area contributed by atoms with Gasteiger partial charge >= 0.3 is 5.97 Å². The molecule has 1 aromatic heterocycles. The molecular weight excluding hydrogens is 339 g/mol. The second kappa shape index (κ2) is 7.07. The molecule has 0 fully saturated rings. The lowest BCUT2D eigenvalue weighted by Gasteiger charge is -2.09. The van der Waals surface area contributed by atoms with Crippen LogP contribution in [0.5, 0.6) is 5.75 Å². The van der Waals surface area contributed by atoms with Gasteiger partial charge in [0.15, 0.2) is 5.76 Å². The van der Waals surface area contributed by atoms with Crippen molar-refractivity contribution in [3.63, 3.8) is 0 Å². The lowest BCUT2D eigenvalue weighted by atomic mass is 10.2. The fourth-order valence-corrected chi connectivity index (χ4v) is 2.19. The molecule has 7 heteroatoms. The predicted molar refractivity (Wildman–Crippen MR) is 80.5 cm³/mol. The van der Waals surface area contributed by atoms with E-state index in [0.29, 0.717) is 32.1 Å². The van der Waals surface area contributed by atoms with Crippen molar-refractivity contribution in [2.24, 2.45) is 0 Å². The molecule has 0 spiro atoms. The number of furan rings is 1. The first kappa shape index (κ1) is 16.0. The second-order valence-corrected chi connectivity index (χ2v) is 5.18. The van der Waals surface area contributed by atoms with Crippen molar-refractivity contribution < 1.29 is 18.7 Å². The van der Waals surface area contributed by atoms with E-state index >= 15 is 0 Å². The average Bonchev–Trinajstić information content (AvgIpc) is 2.90. The van der Waals surface area contributed by atoms with E-state index in [-0.39, 0.29) is 13.2 Å². The van der Waals surface area contributed by atoms with Gasteiger partial charge in [0.05, 0.1) is 27.9 Å². The highest BCUT2D eigenvalue weighted by molar-refractivity contribution is 6.43. The number of rotatable bonds is 5. The van der Waals surface area contributed by atoms with Gasteiger partial charge in [0.2, 0.25) is 0 Å². The summed E-state index contributed by atoms with van der Waals surface area (Å²) in [5.74, 6) is 0.220. The Hall–Kier alpha value is -1.36. The molecule has 0 saturated carbocycles. The van der Waals surface area contributed by atoms with Crippen LogP contribution in [0.25, 0.3) is 0 Å². The van der Waals surface area contributed by atoms with Crippen LogP contribution in [0, 0.1) is 0 Å². The van der Waals surface area contributed by atoms with Crippen molar-refractivity contribution >= 4 is 40.8 Å². The van der Waals surface area contributed by atoms with E-state index in [9.17, 15) is 4.79 Å². The van der Waals surface area contributed by atoms with Crippen LogP contribution in [0.4, 0.5) is 0 Å². The lowest BCUT2D eigenvalue weighted by molar-refractivity contribution is 0.0521. The van der Waals surface area contributed by atoms with Crippen molar-refractivity contribution in [2.45, 2.75) is 13.5 Å². The molecule has 2 rings (SSSR count). The molecule has 1 aromatic carbocycles. The van der Waals surface area contributed by atoms with Crippen LogP contribution in [-0.2, 0) is 11.3 Å². The van der Waals surface area contributed by atoms with Crippen molar-refractivity contribution in [1.82, 2.24) is 0 Å². The number of carbonyl (C=O) groups is 1. The van der Waals surface area contributed by atoms with Gasteiger partial charge in [-0.2, -0.15) is 0 Å². The van der Waals surface area contributed by atoms with Crippen molar-refractivity contribution in [3.8, 4) is 5.75 Å². The first-order valence-electron chi connectivity index (χ1n) is 6.03. The summed E-state index contributed by atoms with van der Waals surface area (Å²) < 4.78 is 15.6. The van der Waals surface area contributed by atoms with E-state index in [4.69, 9.17) is 48.7 Å². The molecule has 2 aromatic rings. The Bertz CT molecular complexity index is 652. The second-order valence-electron chi connectivity index (χ2n) is 3.96. The molecule has 0 radical (unpaired) electrons. The van der Waals surface area contributed by atoms with Gasteiger partial charge in [-0.15, -0.1) is 0 Å². The van der Waals surface area contributed by atoms with E-state index in [2.05, 4.69) is 0 Å². The molecule has 0 amide bonds. The summed E-state index contributed by atoms with van der Waals surface area (Å²) in [5, 5.41) is 0.967. The van der Waals surface area contributed by atoms with Crippen LogP contribution < -0.4 is 4.74 Å². The first-order valence-corrected chi connectivity index (χ1v) is 7.17. The number of hydrogen-bond acceptors (Lipinski definition) is 4. The zero-order valence-corrected chi connectivity index (χ0v) is 13.3. The minimum absolute atomic E-state index is 0.0127. The Balaban J connectivity index is 2.12. The van der Waals surface area contributed by atoms with Gasteiger partial charge in [0, 0.05) is 6.07 Å². The van der Waals surface area contributed by atoms with Crippen LogP contribution in [0.3, 0.4) is 0 Å². The van der Waals surface area contributed by atoms with Crippen molar-refractivity contribution in [1.29, 1.82) is 0 Å². The third kappa shape index (κ3) is 3.84. The molecule has 0 saturated heterocycles. The number of ether oxygens (including phenoxy) is 2. The highest BCUT2D eigenvalue weighted by Crippen LogP contribution is 2.34. The molecule has 0 bridgehead atoms. The van der Waals surface area contributed by atoms with E-state index in [1.54, 1.807) is 6.92 Å². The van der Waals surface area contributed by atoms with E-state index < -0.39 is 5.97 Å². The van der Waals surface area contributed by atoms with Crippen molar-refractivity contribution in [2.75, 3.05) is 6.61 Å². The monoisotopic (exact) mass is 348 g/mol. The Morgan fingerprint density at radius 3 is 2.62 bits per heavy atom. The average molecular weight is 350 g/mol. The Morgan fingerprint density at radius 2 is 1.90 bits per heavy atom. The molecule has 112 valence electrons. The summed E-state index contributed by atoms with van der Waals surface area (Å²) in [6, 6.07) is 4.50. The summed E-state index contributed by atoms with van der Waals surface area (Å²) in [4.78, 5) is 11.7. The summed E-state index contributed by atoms with van der Waals surface area (Å²) in [5.41, 5.74) is 0.313. The number of halogens is 3. The van der Waals surface area contributed by atoms with Crippen LogP contribution >= 0.6 is 34.8 Å². The van der Waals surface area contributed by atoms with Gasteiger partial charge in [-0.25, -0.2) is 4.79 Å². The molecule has 0 N–H and O–H groups in total. The van der Waals surface area contributed by atoms with Gasteiger partial charge in [0.1, 0.15) is 17.9 Å². The van der Waals surface area contributed by atoms with Crippen LogP contribution in [0.2, 0.25) is 15.1 Å². The maximum absolute atomic E-state index is 11.7. The number of hydrogen-bond donors (Lipinski definition) is 0. The van der Waals surface area contributed by atoms with Gasteiger partial charge in [-0.3, -0.25) is 0 Å². The van der Waals surface area contributed by atoms with Crippen LogP contribution in [-0.4, -0.2) is 12.6 Å². The van der Waals surface area contributed by atoms with E-state index in [0.717, 1.165) is 0 Å². The van der Waals surface area contributed by atoms with Crippen LogP contribution in [0.15, 0.2) is 28.9 Å². The van der Waals surface area contributed by atoms with Crippen molar-refractivity contribution in [3.05, 3.63) is 50.9 Å².